The number of aromatic nitrogens is 2. The van der Waals surface area contributed by atoms with Crippen LogP contribution in [0.2, 0.25) is 0 Å². The Hall–Kier alpha value is -1.95. The van der Waals surface area contributed by atoms with Crippen molar-refractivity contribution in [2.24, 2.45) is 5.73 Å². The molecule has 78 valence electrons. The Balaban J connectivity index is 2.51. The lowest BCUT2D eigenvalue weighted by Gasteiger charge is -2.07. The van der Waals surface area contributed by atoms with Crippen LogP contribution in [0, 0.1) is 0 Å². The van der Waals surface area contributed by atoms with Gasteiger partial charge in [-0.3, -0.25) is 4.98 Å². The minimum Gasteiger partial charge on any atom is -0.468 e. The average molecular weight is 207 g/mol. The zero-order valence-electron chi connectivity index (χ0n) is 8.01. The number of carbonyl (C=O) groups excluding carboxylic acids is 1. The fraction of sp³-hybridized carbons (Fsp3) is 0.222. The van der Waals surface area contributed by atoms with Crippen molar-refractivity contribution in [2.75, 3.05) is 7.11 Å². The van der Waals surface area contributed by atoms with Crippen LogP contribution in [0.4, 0.5) is 0 Å². The highest BCUT2D eigenvalue weighted by Crippen LogP contribution is 2.20. The van der Waals surface area contributed by atoms with Crippen molar-refractivity contribution >= 4 is 17.1 Å². The predicted molar refractivity (Wildman–Crippen MR) is 50.7 cm³/mol. The molecule has 2 aromatic heterocycles. The van der Waals surface area contributed by atoms with Crippen LogP contribution in [0.1, 0.15) is 11.7 Å². The summed E-state index contributed by atoms with van der Waals surface area (Å²) in [5.41, 5.74) is 7.00. The topological polar surface area (TPSA) is 91.2 Å². The molecule has 2 aromatic rings. The van der Waals surface area contributed by atoms with Gasteiger partial charge in [0.15, 0.2) is 12.0 Å². The number of hydrogen-bond acceptors (Lipinski definition) is 6. The van der Waals surface area contributed by atoms with Crippen molar-refractivity contribution in [1.82, 2.24) is 9.97 Å². The maximum atomic E-state index is 11.2. The van der Waals surface area contributed by atoms with Gasteiger partial charge in [0.2, 0.25) is 0 Å². The van der Waals surface area contributed by atoms with E-state index in [-0.39, 0.29) is 0 Å². The normalized spacial score (nSPS) is 12.7. The van der Waals surface area contributed by atoms with Crippen LogP contribution in [-0.4, -0.2) is 23.0 Å². The first kappa shape index (κ1) is 9.60. The number of nitrogens with zero attached hydrogens (tertiary/aromatic N) is 2. The monoisotopic (exact) mass is 207 g/mol. The number of carbonyl (C=O) groups is 1. The van der Waals surface area contributed by atoms with Crippen molar-refractivity contribution in [3.05, 3.63) is 24.4 Å². The van der Waals surface area contributed by atoms with Gasteiger partial charge in [-0.25, -0.2) is 9.78 Å². The molecule has 0 aliphatic rings. The summed E-state index contributed by atoms with van der Waals surface area (Å²) >= 11 is 0. The summed E-state index contributed by atoms with van der Waals surface area (Å²) in [7, 11) is 1.27. The van der Waals surface area contributed by atoms with Gasteiger partial charge in [-0.15, -0.1) is 0 Å². The Bertz CT molecular complexity index is 494. The van der Waals surface area contributed by atoms with Crippen LogP contribution in [0.25, 0.3) is 11.1 Å². The fourth-order valence-corrected chi connectivity index (χ4v) is 1.27. The molecule has 0 saturated carbocycles. The highest BCUT2D eigenvalue weighted by molar-refractivity contribution is 5.83. The van der Waals surface area contributed by atoms with E-state index in [9.17, 15) is 4.79 Å². The van der Waals surface area contributed by atoms with Crippen LogP contribution in [0.15, 0.2) is 23.1 Å². The molecule has 15 heavy (non-hydrogen) atoms. The molecule has 2 rings (SSSR count). The molecule has 0 saturated heterocycles. The van der Waals surface area contributed by atoms with Crippen LogP contribution in [0.3, 0.4) is 0 Å². The molecule has 0 bridgehead atoms. The number of nitrogens with two attached hydrogens (primary N) is 1. The van der Waals surface area contributed by atoms with E-state index < -0.39 is 12.0 Å². The van der Waals surface area contributed by atoms with Gasteiger partial charge in [-0.05, 0) is 6.07 Å². The van der Waals surface area contributed by atoms with Gasteiger partial charge in [0.25, 0.3) is 0 Å². The fourth-order valence-electron chi connectivity index (χ4n) is 1.27. The van der Waals surface area contributed by atoms with Crippen molar-refractivity contribution in [3.63, 3.8) is 0 Å². The van der Waals surface area contributed by atoms with Crippen molar-refractivity contribution in [1.29, 1.82) is 0 Å². The van der Waals surface area contributed by atoms with Gasteiger partial charge >= 0.3 is 5.97 Å². The molecule has 0 aliphatic carbocycles. The molecule has 0 aromatic carbocycles. The number of oxazole rings is 1. The lowest BCUT2D eigenvalue weighted by Crippen LogP contribution is -2.23. The van der Waals surface area contributed by atoms with E-state index in [1.807, 2.05) is 0 Å². The van der Waals surface area contributed by atoms with Crippen molar-refractivity contribution in [3.8, 4) is 0 Å². The summed E-state index contributed by atoms with van der Waals surface area (Å²) in [5, 5.41) is 0. The number of pyridine rings is 1. The third-order valence-electron chi connectivity index (χ3n) is 2.02. The number of hydrogen-bond donors (Lipinski definition) is 1. The number of fused-ring (bicyclic) bond motifs is 1. The number of methoxy groups -OCH3 is 1. The molecular formula is C9H9N3O3. The van der Waals surface area contributed by atoms with Gasteiger partial charge in [0.1, 0.15) is 17.3 Å². The third-order valence-corrected chi connectivity index (χ3v) is 2.02. The molecular weight excluding hydrogens is 198 g/mol. The van der Waals surface area contributed by atoms with Crippen LogP contribution in [0.5, 0.6) is 0 Å². The zero-order chi connectivity index (χ0) is 10.8. The molecule has 2 heterocycles. The van der Waals surface area contributed by atoms with Crippen molar-refractivity contribution in [2.45, 2.75) is 6.04 Å². The Morgan fingerprint density at radius 3 is 3.13 bits per heavy atom. The highest BCUT2D eigenvalue weighted by atomic mass is 16.5. The van der Waals surface area contributed by atoms with Crippen LogP contribution in [-0.2, 0) is 9.53 Å². The largest absolute Gasteiger partial charge is 0.468 e. The van der Waals surface area contributed by atoms with E-state index in [0.29, 0.717) is 16.8 Å². The molecule has 0 aliphatic heterocycles. The van der Waals surface area contributed by atoms with Gasteiger partial charge in [-0.2, -0.15) is 0 Å². The van der Waals surface area contributed by atoms with Gasteiger partial charge in [-0.1, -0.05) is 0 Å². The summed E-state index contributed by atoms with van der Waals surface area (Å²) in [6.45, 7) is 0. The molecule has 0 spiro atoms. The SMILES string of the molecule is COC(=O)[C@@H](N)c1nccc2ncoc12. The van der Waals surface area contributed by atoms with E-state index in [4.69, 9.17) is 10.2 Å². The Morgan fingerprint density at radius 2 is 2.40 bits per heavy atom. The van der Waals surface area contributed by atoms with E-state index in [0.717, 1.165) is 0 Å². The smallest absolute Gasteiger partial charge is 0.329 e. The molecule has 1 atom stereocenters. The number of esters is 1. The quantitative estimate of drug-likeness (QED) is 0.716. The first-order valence-electron chi connectivity index (χ1n) is 4.25. The maximum Gasteiger partial charge on any atom is 0.329 e. The third kappa shape index (κ3) is 1.55. The van der Waals surface area contributed by atoms with E-state index in [2.05, 4.69) is 14.7 Å². The molecule has 0 radical (unpaired) electrons. The van der Waals surface area contributed by atoms with Gasteiger partial charge < -0.3 is 14.9 Å². The Labute approximate surface area is 85.1 Å². The summed E-state index contributed by atoms with van der Waals surface area (Å²) in [4.78, 5) is 19.1. The average Bonchev–Trinajstić information content (AvgIpc) is 2.74. The summed E-state index contributed by atoms with van der Waals surface area (Å²) in [6.07, 6.45) is 2.79. The molecule has 0 unspecified atom stereocenters. The number of ether oxygens (including phenoxy) is 1. The van der Waals surface area contributed by atoms with Crippen LogP contribution < -0.4 is 5.73 Å². The Kier molecular flexibility index (Phi) is 2.34. The summed E-state index contributed by atoms with van der Waals surface area (Å²) in [5.74, 6) is -0.564. The Morgan fingerprint density at radius 1 is 1.60 bits per heavy atom. The van der Waals surface area contributed by atoms with Crippen molar-refractivity contribution < 1.29 is 13.9 Å². The van der Waals surface area contributed by atoms with Gasteiger partial charge in [0.05, 0.1) is 7.11 Å². The minimum atomic E-state index is -0.952. The lowest BCUT2D eigenvalue weighted by molar-refractivity contribution is -0.142. The highest BCUT2D eigenvalue weighted by Gasteiger charge is 2.22. The molecule has 0 amide bonds. The standard InChI is InChI=1S/C9H9N3O3/c1-14-9(13)6(10)7-8-5(2-3-11-7)12-4-15-8/h2-4,6H,10H2,1H3/t6-/m0/s1. The molecule has 2 N–H and O–H groups in total. The predicted octanol–water partition coefficient (Wildman–Crippen LogP) is 0.396. The van der Waals surface area contributed by atoms with Gasteiger partial charge in [0, 0.05) is 6.20 Å². The maximum absolute atomic E-state index is 11.2. The molecule has 0 fully saturated rings. The van der Waals surface area contributed by atoms with E-state index >= 15 is 0 Å². The van der Waals surface area contributed by atoms with Crippen LogP contribution >= 0.6 is 0 Å². The first-order valence-corrected chi connectivity index (χ1v) is 4.25. The zero-order valence-corrected chi connectivity index (χ0v) is 8.01. The second-order valence-corrected chi connectivity index (χ2v) is 2.90. The number of rotatable bonds is 2. The molecule has 6 heteroatoms. The molecule has 6 nitrogen and oxygen atoms in total. The lowest BCUT2D eigenvalue weighted by atomic mass is 10.2. The summed E-state index contributed by atoms with van der Waals surface area (Å²) < 4.78 is 9.63. The summed E-state index contributed by atoms with van der Waals surface area (Å²) in [6, 6.07) is 0.721. The first-order chi connectivity index (χ1) is 7.24. The van der Waals surface area contributed by atoms with E-state index in [1.54, 1.807) is 6.07 Å². The van der Waals surface area contributed by atoms with E-state index in [1.165, 1.54) is 19.7 Å². The second kappa shape index (κ2) is 3.66. The minimum absolute atomic E-state index is 0.330. The second-order valence-electron chi connectivity index (χ2n) is 2.90.